The Labute approximate surface area is 145 Å². The van der Waals surface area contributed by atoms with Crippen LogP contribution in [0.1, 0.15) is 25.8 Å². The number of carbonyl (C=O) groups excluding carboxylic acids is 2. The highest BCUT2D eigenvalue weighted by molar-refractivity contribution is 8.18. The number of fused-ring (bicyclic) bond motifs is 1. The molecule has 1 saturated heterocycles. The van der Waals surface area contributed by atoms with Gasteiger partial charge in [-0.2, -0.15) is 0 Å². The van der Waals surface area contributed by atoms with E-state index in [0.717, 1.165) is 40.3 Å². The van der Waals surface area contributed by atoms with Gasteiger partial charge < -0.3 is 4.74 Å². The van der Waals surface area contributed by atoms with E-state index in [1.807, 2.05) is 50.2 Å². The predicted molar refractivity (Wildman–Crippen MR) is 98.1 cm³/mol. The first-order valence-corrected chi connectivity index (χ1v) is 8.87. The van der Waals surface area contributed by atoms with Gasteiger partial charge in [-0.1, -0.05) is 37.3 Å². The molecule has 2 aromatic rings. The zero-order chi connectivity index (χ0) is 17.1. The third-order valence-electron chi connectivity index (χ3n) is 3.83. The largest absolute Gasteiger partial charge is 0.493 e. The molecule has 3 rings (SSSR count). The number of amides is 2. The lowest BCUT2D eigenvalue weighted by molar-refractivity contribution is -0.122. The van der Waals surface area contributed by atoms with Crippen LogP contribution in [0.15, 0.2) is 41.3 Å². The minimum absolute atomic E-state index is 0.191. The number of benzene rings is 2. The van der Waals surface area contributed by atoms with Crippen molar-refractivity contribution in [2.45, 2.75) is 20.3 Å². The lowest BCUT2D eigenvalue weighted by Gasteiger charge is -2.11. The first kappa shape index (κ1) is 16.6. The van der Waals surface area contributed by atoms with Crippen molar-refractivity contribution in [2.24, 2.45) is 0 Å². The van der Waals surface area contributed by atoms with Gasteiger partial charge in [0.1, 0.15) is 5.75 Å². The second kappa shape index (κ2) is 7.09. The zero-order valence-electron chi connectivity index (χ0n) is 13.7. The van der Waals surface area contributed by atoms with Crippen molar-refractivity contribution in [3.05, 3.63) is 46.9 Å². The van der Waals surface area contributed by atoms with Gasteiger partial charge in [0.25, 0.3) is 11.1 Å². The summed E-state index contributed by atoms with van der Waals surface area (Å²) in [5.74, 6) is 0.620. The van der Waals surface area contributed by atoms with Crippen LogP contribution in [0.3, 0.4) is 0 Å². The number of carbonyl (C=O) groups is 2. The summed E-state index contributed by atoms with van der Waals surface area (Å²) >= 11 is 1.01. The Morgan fingerprint density at radius 2 is 1.83 bits per heavy atom. The SMILES string of the molecule is CCCN1C(=O)S/C(=C/c2ccc(OCC)c3ccccc23)C1=O. The summed E-state index contributed by atoms with van der Waals surface area (Å²) in [6.07, 6.45) is 2.57. The molecule has 0 saturated carbocycles. The second-order valence-corrected chi connectivity index (χ2v) is 6.46. The number of hydrogen-bond donors (Lipinski definition) is 0. The number of hydrogen-bond acceptors (Lipinski definition) is 4. The van der Waals surface area contributed by atoms with Crippen LogP contribution in [0.2, 0.25) is 0 Å². The Kier molecular flexibility index (Phi) is 4.90. The third-order valence-corrected chi connectivity index (χ3v) is 4.73. The fraction of sp³-hybridized carbons (Fsp3) is 0.263. The summed E-state index contributed by atoms with van der Waals surface area (Å²) in [6, 6.07) is 11.8. The van der Waals surface area contributed by atoms with Crippen LogP contribution in [0.5, 0.6) is 5.75 Å². The molecule has 1 heterocycles. The maximum atomic E-state index is 12.4. The normalized spacial score (nSPS) is 16.4. The Morgan fingerprint density at radius 1 is 1.08 bits per heavy atom. The summed E-state index contributed by atoms with van der Waals surface area (Å²) in [4.78, 5) is 26.2. The highest BCUT2D eigenvalue weighted by Crippen LogP contribution is 2.35. The third kappa shape index (κ3) is 3.04. The fourth-order valence-corrected chi connectivity index (χ4v) is 3.62. The molecular formula is C19H19NO3S. The quantitative estimate of drug-likeness (QED) is 0.741. The highest BCUT2D eigenvalue weighted by Gasteiger charge is 2.34. The van der Waals surface area contributed by atoms with Crippen LogP contribution >= 0.6 is 11.8 Å². The number of imide groups is 1. The van der Waals surface area contributed by atoms with Crippen LogP contribution in [0.4, 0.5) is 4.79 Å². The summed E-state index contributed by atoms with van der Waals surface area (Å²) < 4.78 is 5.68. The number of ether oxygens (including phenoxy) is 1. The summed E-state index contributed by atoms with van der Waals surface area (Å²) in [7, 11) is 0. The minimum Gasteiger partial charge on any atom is -0.493 e. The van der Waals surface area contributed by atoms with E-state index in [1.165, 1.54) is 4.90 Å². The van der Waals surface area contributed by atoms with Crippen molar-refractivity contribution in [3.8, 4) is 5.75 Å². The first-order chi connectivity index (χ1) is 11.7. The van der Waals surface area contributed by atoms with Gasteiger partial charge in [0.05, 0.1) is 11.5 Å². The molecule has 2 amide bonds. The summed E-state index contributed by atoms with van der Waals surface area (Å²) in [6.45, 7) is 4.96. The van der Waals surface area contributed by atoms with E-state index in [2.05, 4.69) is 0 Å². The topological polar surface area (TPSA) is 46.6 Å². The summed E-state index contributed by atoms with van der Waals surface area (Å²) in [5, 5.41) is 1.81. The minimum atomic E-state index is -0.204. The molecule has 5 heteroatoms. The molecule has 0 aromatic heterocycles. The van der Waals surface area contributed by atoms with Crippen molar-refractivity contribution < 1.29 is 14.3 Å². The number of thioether (sulfide) groups is 1. The number of nitrogens with zero attached hydrogens (tertiary/aromatic N) is 1. The van der Waals surface area contributed by atoms with Crippen molar-refractivity contribution in [1.82, 2.24) is 4.90 Å². The van der Waals surface area contributed by atoms with Crippen molar-refractivity contribution in [3.63, 3.8) is 0 Å². The lowest BCUT2D eigenvalue weighted by Crippen LogP contribution is -2.28. The molecule has 1 aliphatic rings. The maximum Gasteiger partial charge on any atom is 0.293 e. The Morgan fingerprint density at radius 3 is 2.54 bits per heavy atom. The average molecular weight is 341 g/mol. The Hall–Kier alpha value is -2.27. The van der Waals surface area contributed by atoms with E-state index in [4.69, 9.17) is 4.74 Å². The van der Waals surface area contributed by atoms with E-state index >= 15 is 0 Å². The van der Waals surface area contributed by atoms with E-state index < -0.39 is 0 Å². The molecular weight excluding hydrogens is 322 g/mol. The van der Waals surface area contributed by atoms with E-state index in [0.29, 0.717) is 18.1 Å². The van der Waals surface area contributed by atoms with Gasteiger partial charge in [0.15, 0.2) is 0 Å². The molecule has 0 aliphatic carbocycles. The van der Waals surface area contributed by atoms with E-state index in [-0.39, 0.29) is 11.1 Å². The second-order valence-electron chi connectivity index (χ2n) is 5.46. The van der Waals surface area contributed by atoms with Crippen LogP contribution in [-0.4, -0.2) is 29.2 Å². The maximum absolute atomic E-state index is 12.4. The molecule has 0 unspecified atom stereocenters. The molecule has 0 bridgehead atoms. The zero-order valence-corrected chi connectivity index (χ0v) is 14.6. The van der Waals surface area contributed by atoms with Gasteiger partial charge in [0, 0.05) is 11.9 Å². The molecule has 0 N–H and O–H groups in total. The molecule has 1 fully saturated rings. The van der Waals surface area contributed by atoms with Gasteiger partial charge in [-0.15, -0.1) is 0 Å². The molecule has 1 aliphatic heterocycles. The van der Waals surface area contributed by atoms with Gasteiger partial charge in [-0.25, -0.2) is 0 Å². The van der Waals surface area contributed by atoms with E-state index in [9.17, 15) is 9.59 Å². The number of rotatable bonds is 5. The molecule has 0 spiro atoms. The van der Waals surface area contributed by atoms with Crippen LogP contribution < -0.4 is 4.74 Å². The standard InChI is InChI=1S/C19H19NO3S/c1-3-11-20-18(21)17(24-19(20)22)12-13-9-10-16(23-4-2)15-8-6-5-7-14(13)15/h5-10,12H,3-4,11H2,1-2H3/b17-12+. The highest BCUT2D eigenvalue weighted by atomic mass is 32.2. The fourth-order valence-electron chi connectivity index (χ4n) is 2.76. The van der Waals surface area contributed by atoms with E-state index in [1.54, 1.807) is 6.08 Å². The molecule has 24 heavy (non-hydrogen) atoms. The van der Waals surface area contributed by atoms with Gasteiger partial charge in [-0.05, 0) is 48.2 Å². The molecule has 0 atom stereocenters. The van der Waals surface area contributed by atoms with Crippen molar-refractivity contribution in [2.75, 3.05) is 13.2 Å². The molecule has 4 nitrogen and oxygen atoms in total. The molecule has 0 radical (unpaired) electrons. The monoisotopic (exact) mass is 341 g/mol. The Bertz CT molecular complexity index is 828. The average Bonchev–Trinajstić information content (AvgIpc) is 2.85. The molecule has 124 valence electrons. The van der Waals surface area contributed by atoms with Gasteiger partial charge in [0.2, 0.25) is 0 Å². The van der Waals surface area contributed by atoms with Crippen LogP contribution in [-0.2, 0) is 4.79 Å². The molecule has 2 aromatic carbocycles. The van der Waals surface area contributed by atoms with Crippen LogP contribution in [0, 0.1) is 0 Å². The lowest BCUT2D eigenvalue weighted by atomic mass is 10.0. The van der Waals surface area contributed by atoms with Crippen molar-refractivity contribution in [1.29, 1.82) is 0 Å². The Balaban J connectivity index is 2.03. The predicted octanol–water partition coefficient (Wildman–Crippen LogP) is 4.68. The smallest absolute Gasteiger partial charge is 0.293 e. The van der Waals surface area contributed by atoms with Crippen molar-refractivity contribution >= 4 is 39.8 Å². The van der Waals surface area contributed by atoms with Gasteiger partial charge >= 0.3 is 0 Å². The van der Waals surface area contributed by atoms with Crippen LogP contribution in [0.25, 0.3) is 16.8 Å². The first-order valence-electron chi connectivity index (χ1n) is 8.05. The summed E-state index contributed by atoms with van der Waals surface area (Å²) in [5.41, 5.74) is 0.913. The van der Waals surface area contributed by atoms with Gasteiger partial charge in [-0.3, -0.25) is 14.5 Å².